The zero-order chi connectivity index (χ0) is 14.8. The molecule has 1 fully saturated rings. The maximum atomic E-state index is 10.7. The molecule has 1 aliphatic rings. The van der Waals surface area contributed by atoms with Gasteiger partial charge in [0, 0.05) is 19.2 Å². The highest BCUT2D eigenvalue weighted by atomic mass is 16.6. The number of benzene rings is 1. The molecular formula is C14H17N3O4. The number of anilines is 1. The van der Waals surface area contributed by atoms with Crippen LogP contribution in [0, 0.1) is 22.0 Å². The first kappa shape index (κ1) is 13.8. The quantitative estimate of drug-likeness (QED) is 0.648. The van der Waals surface area contributed by atoms with Crippen LogP contribution in [0.1, 0.15) is 19.3 Å². The van der Waals surface area contributed by atoms with Gasteiger partial charge in [0.05, 0.1) is 11.0 Å². The van der Waals surface area contributed by atoms with Gasteiger partial charge in [-0.3, -0.25) is 10.1 Å². The fourth-order valence-electron chi connectivity index (χ4n) is 2.94. The number of hydrogen-bond donors (Lipinski definition) is 2. The number of oxazole rings is 1. The lowest BCUT2D eigenvalue weighted by Gasteiger charge is -2.16. The van der Waals surface area contributed by atoms with Crippen molar-refractivity contribution < 1.29 is 14.4 Å². The topological polar surface area (TPSA) is 101 Å². The molecule has 0 aliphatic heterocycles. The molecule has 2 aromatic rings. The Hall–Kier alpha value is -2.15. The van der Waals surface area contributed by atoms with Crippen LogP contribution in [-0.4, -0.2) is 28.2 Å². The summed E-state index contributed by atoms with van der Waals surface area (Å²) in [5.74, 6) is 0.752. The predicted molar refractivity (Wildman–Crippen MR) is 77.1 cm³/mol. The molecule has 2 unspecified atom stereocenters. The van der Waals surface area contributed by atoms with Crippen molar-refractivity contribution in [2.45, 2.75) is 19.3 Å². The molecule has 0 radical (unpaired) electrons. The molecule has 21 heavy (non-hydrogen) atoms. The van der Waals surface area contributed by atoms with Crippen LogP contribution in [0.5, 0.6) is 0 Å². The second-order valence-corrected chi connectivity index (χ2v) is 5.44. The summed E-state index contributed by atoms with van der Waals surface area (Å²) in [6.07, 6.45) is 3.28. The number of non-ortho nitro benzene ring substituents is 1. The van der Waals surface area contributed by atoms with E-state index in [2.05, 4.69) is 10.3 Å². The maximum absolute atomic E-state index is 10.7. The average molecular weight is 291 g/mol. The molecule has 1 aliphatic carbocycles. The largest absolute Gasteiger partial charge is 0.423 e. The number of hydrogen-bond acceptors (Lipinski definition) is 6. The minimum absolute atomic E-state index is 0.0127. The minimum atomic E-state index is -0.459. The van der Waals surface area contributed by atoms with Crippen molar-refractivity contribution in [1.82, 2.24) is 4.98 Å². The van der Waals surface area contributed by atoms with Gasteiger partial charge in [-0.2, -0.15) is 4.98 Å². The van der Waals surface area contributed by atoms with E-state index in [1.165, 1.54) is 12.1 Å². The van der Waals surface area contributed by atoms with Crippen LogP contribution >= 0.6 is 0 Å². The fraction of sp³-hybridized carbons (Fsp3) is 0.500. The minimum Gasteiger partial charge on any atom is -0.423 e. The van der Waals surface area contributed by atoms with Gasteiger partial charge < -0.3 is 14.8 Å². The van der Waals surface area contributed by atoms with Crippen LogP contribution in [-0.2, 0) is 0 Å². The number of fused-ring (bicyclic) bond motifs is 1. The van der Waals surface area contributed by atoms with Crippen LogP contribution in [0.4, 0.5) is 11.7 Å². The number of rotatable bonds is 5. The molecule has 0 spiro atoms. The molecule has 1 aromatic heterocycles. The summed E-state index contributed by atoms with van der Waals surface area (Å²) in [5.41, 5.74) is 0.978. The monoisotopic (exact) mass is 291 g/mol. The van der Waals surface area contributed by atoms with Gasteiger partial charge in [-0.15, -0.1) is 0 Å². The Kier molecular flexibility index (Phi) is 3.74. The molecule has 1 heterocycles. The zero-order valence-corrected chi connectivity index (χ0v) is 11.5. The van der Waals surface area contributed by atoms with Crippen molar-refractivity contribution in [1.29, 1.82) is 0 Å². The first-order valence-electron chi connectivity index (χ1n) is 7.07. The standard InChI is InChI=1S/C14H17N3O4/c18-8-10-3-1-2-9(10)7-15-14-16-12-5-4-11(17(19)20)6-13(12)21-14/h4-6,9-10,18H,1-3,7-8H2,(H,15,16). The Morgan fingerprint density at radius 2 is 2.24 bits per heavy atom. The predicted octanol–water partition coefficient (Wildman–Crippen LogP) is 2.56. The first-order chi connectivity index (χ1) is 10.2. The number of nitrogens with one attached hydrogen (secondary N) is 1. The van der Waals surface area contributed by atoms with E-state index in [4.69, 9.17) is 4.42 Å². The van der Waals surface area contributed by atoms with E-state index in [0.717, 1.165) is 19.3 Å². The van der Waals surface area contributed by atoms with E-state index in [9.17, 15) is 15.2 Å². The summed E-state index contributed by atoms with van der Waals surface area (Å²) >= 11 is 0. The fourth-order valence-corrected chi connectivity index (χ4v) is 2.94. The maximum Gasteiger partial charge on any atom is 0.295 e. The van der Waals surface area contributed by atoms with Crippen molar-refractivity contribution in [2.24, 2.45) is 11.8 Å². The Bertz CT molecular complexity index is 655. The van der Waals surface area contributed by atoms with Crippen molar-refractivity contribution in [3.8, 4) is 0 Å². The van der Waals surface area contributed by atoms with E-state index in [0.29, 0.717) is 35.5 Å². The van der Waals surface area contributed by atoms with Crippen molar-refractivity contribution in [3.63, 3.8) is 0 Å². The Morgan fingerprint density at radius 1 is 1.43 bits per heavy atom. The number of nitrogens with zero attached hydrogens (tertiary/aromatic N) is 2. The third-order valence-corrected chi connectivity index (χ3v) is 4.15. The normalized spacial score (nSPS) is 21.8. The SMILES string of the molecule is O=[N+]([O-])c1ccc2nc(NCC3CCCC3CO)oc2c1. The first-order valence-corrected chi connectivity index (χ1v) is 7.07. The van der Waals surface area contributed by atoms with Gasteiger partial charge >= 0.3 is 0 Å². The molecule has 0 amide bonds. The third-order valence-electron chi connectivity index (χ3n) is 4.15. The molecule has 1 aromatic carbocycles. The highest BCUT2D eigenvalue weighted by Crippen LogP contribution is 2.31. The summed E-state index contributed by atoms with van der Waals surface area (Å²) in [6.45, 7) is 0.909. The molecule has 0 saturated heterocycles. The van der Waals surface area contributed by atoms with Crippen molar-refractivity contribution in [2.75, 3.05) is 18.5 Å². The molecule has 2 N–H and O–H groups in total. The van der Waals surface area contributed by atoms with Crippen molar-refractivity contribution in [3.05, 3.63) is 28.3 Å². The lowest BCUT2D eigenvalue weighted by molar-refractivity contribution is -0.384. The number of nitro benzene ring substituents is 1. The van der Waals surface area contributed by atoms with E-state index in [1.807, 2.05) is 0 Å². The smallest absolute Gasteiger partial charge is 0.295 e. The summed E-state index contributed by atoms with van der Waals surface area (Å²) in [7, 11) is 0. The molecule has 0 bridgehead atoms. The molecule has 112 valence electrons. The second-order valence-electron chi connectivity index (χ2n) is 5.44. The van der Waals surface area contributed by atoms with Gasteiger partial charge in [-0.25, -0.2) is 0 Å². The Balaban J connectivity index is 1.71. The van der Waals surface area contributed by atoms with Crippen LogP contribution in [0.25, 0.3) is 11.1 Å². The van der Waals surface area contributed by atoms with E-state index in [-0.39, 0.29) is 12.3 Å². The highest BCUT2D eigenvalue weighted by molar-refractivity contribution is 5.77. The lowest BCUT2D eigenvalue weighted by Crippen LogP contribution is -2.20. The Morgan fingerprint density at radius 3 is 3.00 bits per heavy atom. The third kappa shape index (κ3) is 2.82. The van der Waals surface area contributed by atoms with Crippen LogP contribution in [0.15, 0.2) is 22.6 Å². The van der Waals surface area contributed by atoms with Crippen molar-refractivity contribution >= 4 is 22.8 Å². The highest BCUT2D eigenvalue weighted by Gasteiger charge is 2.26. The molecule has 1 saturated carbocycles. The van der Waals surface area contributed by atoms with Gasteiger partial charge in [0.2, 0.25) is 0 Å². The average Bonchev–Trinajstić information content (AvgIpc) is 3.09. The second kappa shape index (κ2) is 5.69. The molecule has 7 nitrogen and oxygen atoms in total. The van der Waals surface area contributed by atoms with Crippen LogP contribution in [0.3, 0.4) is 0 Å². The Labute approximate surface area is 121 Å². The van der Waals surface area contributed by atoms with Gasteiger partial charge in [0.25, 0.3) is 11.7 Å². The molecule has 2 atom stereocenters. The summed E-state index contributed by atoms with van der Waals surface area (Å²) in [4.78, 5) is 14.5. The summed E-state index contributed by atoms with van der Waals surface area (Å²) in [6, 6.07) is 4.73. The van der Waals surface area contributed by atoms with E-state index < -0.39 is 4.92 Å². The number of aromatic nitrogens is 1. The van der Waals surface area contributed by atoms with E-state index in [1.54, 1.807) is 6.07 Å². The van der Waals surface area contributed by atoms with Gasteiger partial charge in [-0.1, -0.05) is 6.42 Å². The van der Waals surface area contributed by atoms with Crippen LogP contribution < -0.4 is 5.32 Å². The lowest BCUT2D eigenvalue weighted by atomic mass is 9.97. The van der Waals surface area contributed by atoms with Gasteiger partial charge in [-0.05, 0) is 30.7 Å². The number of aliphatic hydroxyl groups excluding tert-OH is 1. The molecule has 3 rings (SSSR count). The summed E-state index contributed by atoms with van der Waals surface area (Å²) in [5, 5.41) is 23.2. The van der Waals surface area contributed by atoms with Gasteiger partial charge in [0.1, 0.15) is 5.52 Å². The number of aliphatic hydroxyl groups is 1. The molecule has 7 heteroatoms. The van der Waals surface area contributed by atoms with Crippen LogP contribution in [0.2, 0.25) is 0 Å². The summed E-state index contributed by atoms with van der Waals surface area (Å²) < 4.78 is 5.50. The molecular weight excluding hydrogens is 274 g/mol. The zero-order valence-electron chi connectivity index (χ0n) is 11.5. The van der Waals surface area contributed by atoms with E-state index >= 15 is 0 Å². The van der Waals surface area contributed by atoms with Gasteiger partial charge in [0.15, 0.2) is 5.58 Å². The number of nitro groups is 1.